The fourth-order valence-electron chi connectivity index (χ4n) is 13.6. The van der Waals surface area contributed by atoms with Crippen molar-refractivity contribution in [3.05, 3.63) is 123 Å². The lowest BCUT2D eigenvalue weighted by molar-refractivity contribution is -0.136. The lowest BCUT2D eigenvalue weighted by Gasteiger charge is -2.19. The molecule has 6 N–H and O–H groups in total. The Hall–Kier alpha value is -11.3. The highest BCUT2D eigenvalue weighted by Gasteiger charge is 2.40. The number of carbonyl (C=O) groups excluding carboxylic acids is 7. The van der Waals surface area contributed by atoms with E-state index in [0.29, 0.717) is 161 Å². The molecule has 100 heavy (non-hydrogen) atoms. The summed E-state index contributed by atoms with van der Waals surface area (Å²) in [6, 6.07) is 16.3. The number of pyridine rings is 4. The van der Waals surface area contributed by atoms with E-state index >= 15 is 0 Å². The maximum Gasteiger partial charge on any atom is 0.415 e. The Kier molecular flexibility index (Phi) is 20.1. The second-order valence-corrected chi connectivity index (χ2v) is 25.1. The molecule has 6 amide bonds. The summed E-state index contributed by atoms with van der Waals surface area (Å²) in [6.07, 6.45) is 6.19. The minimum atomic E-state index is -0.540. The van der Waals surface area contributed by atoms with Crippen molar-refractivity contribution in [3.63, 3.8) is 0 Å². The van der Waals surface area contributed by atoms with E-state index < -0.39 is 24.4 Å². The number of hydrogen-bond acceptors (Lipinski definition) is 25. The fourth-order valence-corrected chi connectivity index (χ4v) is 13.6. The van der Waals surface area contributed by atoms with Gasteiger partial charge < -0.3 is 65.1 Å². The summed E-state index contributed by atoms with van der Waals surface area (Å²) in [5.41, 5.74) is 6.73. The van der Waals surface area contributed by atoms with Crippen molar-refractivity contribution >= 4 is 77.4 Å². The Balaban J connectivity index is 0.000000135. The van der Waals surface area contributed by atoms with Crippen molar-refractivity contribution < 1.29 is 75.5 Å². The minimum Gasteiger partial charge on any atom is -0.480 e. The van der Waals surface area contributed by atoms with Crippen LogP contribution in [0.25, 0.3) is 0 Å². The highest BCUT2D eigenvalue weighted by atomic mass is 19.1. The molecule has 3 saturated heterocycles. The van der Waals surface area contributed by atoms with Crippen LogP contribution >= 0.6 is 0 Å². The molecule has 11 heterocycles. The number of anilines is 6. The van der Waals surface area contributed by atoms with E-state index in [0.717, 1.165) is 47.1 Å². The molecule has 0 spiro atoms. The van der Waals surface area contributed by atoms with Gasteiger partial charge in [0.1, 0.15) is 59.4 Å². The molecule has 5 aromatic heterocycles. The average Bonchev–Trinajstić information content (AvgIpc) is 1.60. The zero-order valence-corrected chi connectivity index (χ0v) is 53.9. The third kappa shape index (κ3) is 14.9. The third-order valence-electron chi connectivity index (χ3n) is 18.4. The molecule has 3 aliphatic carbocycles. The zero-order valence-electron chi connectivity index (χ0n) is 53.9. The summed E-state index contributed by atoms with van der Waals surface area (Å²) >= 11 is 0. The van der Waals surface area contributed by atoms with Gasteiger partial charge in [0.25, 0.3) is 30.1 Å². The van der Waals surface area contributed by atoms with Crippen molar-refractivity contribution in [1.29, 1.82) is 10.5 Å². The molecule has 15 rings (SSSR count). The van der Waals surface area contributed by atoms with Crippen molar-refractivity contribution in [2.75, 3.05) is 109 Å². The molecular formula is C67H67F2N17O14. The standard InChI is InChI=1S/C23H22N6O6.C22H21FN6O4.C22H24FN5O4/c24-7-13-2-1-3-16-17(13)6-14(20(16)34-12-30)8-25-5-4-15-10-29(23(32)35-15)18-9-26-22-21(27-18)28-19(31)11-33-22;23-16-9-26-17(7-24)15-6-12(5-14(15)16)8-25-4-3-13-10-29(22(31)33-13)19-2-1-18-21(27-19)28-20(30)11-32-18;1-12-15-6-13(7-16(15)17(23)9-25-12)8-24-5-4-14-10-28(22(30)32-14)19-3-2-18-21(26-19)27-20(29)11-31-18/h1-3,9,12,14-15,20,25H,4-6,8,10-11H2,(H,27,28,31);1-2,9,12-13,25H,3-6,8,10-11H2,(H,27,28,30);2-3,9,13-14,24H,4-8,10-11H2,1H3,(H,26,27,29). The van der Waals surface area contributed by atoms with Crippen LogP contribution in [0, 0.1) is 59.0 Å². The molecule has 33 heteroatoms. The van der Waals surface area contributed by atoms with Crippen LogP contribution < -0.4 is 60.8 Å². The van der Waals surface area contributed by atoms with E-state index in [1.165, 1.54) is 27.1 Å². The Labute approximate surface area is 569 Å². The van der Waals surface area contributed by atoms with Crippen LogP contribution in [0.3, 0.4) is 0 Å². The molecule has 31 nitrogen and oxygen atoms in total. The lowest BCUT2D eigenvalue weighted by Crippen LogP contribution is -2.31. The number of carbonyl (C=O) groups is 7. The number of ether oxygens (including phenoxy) is 7. The Morgan fingerprint density at radius 1 is 0.570 bits per heavy atom. The van der Waals surface area contributed by atoms with Crippen LogP contribution in [0.5, 0.6) is 17.4 Å². The molecule has 1 aromatic carbocycles. The maximum atomic E-state index is 14.0. The second-order valence-electron chi connectivity index (χ2n) is 25.1. The van der Waals surface area contributed by atoms with E-state index in [-0.39, 0.29) is 103 Å². The molecule has 6 aliphatic heterocycles. The quantitative estimate of drug-likeness (QED) is 0.0346. The number of nitriles is 2. The molecule has 0 bridgehead atoms. The number of nitrogens with zero attached hydrogens (tertiary/aromatic N) is 11. The molecule has 3 fully saturated rings. The van der Waals surface area contributed by atoms with Gasteiger partial charge in [-0.2, -0.15) is 10.5 Å². The molecule has 0 saturated carbocycles. The SMILES string of the molecule is Cc1ncc(F)c2c1CC(CNCCC1CN(c3ccc4c(n3)NC(=O)CO4)C(=O)O1)C2.N#Cc1cccc2c1CC(CNCCC1CN(c3cnc4c(n3)NC(=O)CO4)C(=O)O1)C2OC=O.N#Cc1ncc(F)c2c1CC(CNCCC1CN(c3ccc4c(n3)NC(=O)CO4)C(=O)O1)C2. The third-order valence-corrected chi connectivity index (χ3v) is 18.4. The van der Waals surface area contributed by atoms with E-state index in [4.69, 9.17) is 33.2 Å². The zero-order chi connectivity index (χ0) is 69.6. The largest absolute Gasteiger partial charge is 0.480 e. The first kappa shape index (κ1) is 67.3. The van der Waals surface area contributed by atoms with Gasteiger partial charge in [0.2, 0.25) is 0 Å². The average molecular weight is 1370 g/mol. The number of halogens is 2. The predicted octanol–water partition coefficient (Wildman–Crippen LogP) is 4.58. The highest BCUT2D eigenvalue weighted by molar-refractivity contribution is 5.97. The summed E-state index contributed by atoms with van der Waals surface area (Å²) in [7, 11) is 0. The molecular weight excluding hydrogens is 1300 g/mol. The number of hydrogen-bond donors (Lipinski definition) is 6. The monoisotopic (exact) mass is 1370 g/mol. The number of rotatable bonds is 20. The summed E-state index contributed by atoms with van der Waals surface area (Å²) < 4.78 is 65.5. The molecule has 7 unspecified atom stereocenters. The first-order valence-electron chi connectivity index (χ1n) is 32.6. The number of cyclic esters (lactones) is 3. The Morgan fingerprint density at radius 2 is 1.07 bits per heavy atom. The van der Waals surface area contributed by atoms with Gasteiger partial charge in [-0.15, -0.1) is 0 Å². The summed E-state index contributed by atoms with van der Waals surface area (Å²) in [4.78, 5) is 112. The summed E-state index contributed by atoms with van der Waals surface area (Å²) in [5.74, 6) is 1.97. The van der Waals surface area contributed by atoms with Gasteiger partial charge in [-0.1, -0.05) is 12.1 Å². The van der Waals surface area contributed by atoms with Crippen molar-refractivity contribution in [2.45, 2.75) is 82.7 Å². The number of nitrogens with one attached hydrogen (secondary N) is 6. The highest BCUT2D eigenvalue weighted by Crippen LogP contribution is 2.41. The van der Waals surface area contributed by atoms with Crippen molar-refractivity contribution in [2.24, 2.45) is 17.8 Å². The van der Waals surface area contributed by atoms with Crippen LogP contribution in [0.2, 0.25) is 0 Å². The van der Waals surface area contributed by atoms with Crippen molar-refractivity contribution in [3.8, 4) is 29.5 Å². The summed E-state index contributed by atoms with van der Waals surface area (Å²) in [6.45, 7) is 7.01. The van der Waals surface area contributed by atoms with Crippen LogP contribution in [-0.2, 0) is 70.2 Å². The number of fused-ring (bicyclic) bond motifs is 6. The van der Waals surface area contributed by atoms with Crippen LogP contribution in [0.1, 0.15) is 75.7 Å². The van der Waals surface area contributed by atoms with Crippen molar-refractivity contribution in [1.82, 2.24) is 45.9 Å². The molecule has 6 aromatic rings. The predicted molar refractivity (Wildman–Crippen MR) is 346 cm³/mol. The van der Waals surface area contributed by atoms with E-state index in [2.05, 4.69) is 67.9 Å². The Morgan fingerprint density at radius 3 is 1.62 bits per heavy atom. The second kappa shape index (κ2) is 29.8. The molecule has 0 radical (unpaired) electrons. The van der Waals surface area contributed by atoms with Gasteiger partial charge in [-0.25, -0.2) is 48.1 Å². The number of benzene rings is 1. The topological polar surface area (TPSA) is 391 Å². The van der Waals surface area contributed by atoms with Gasteiger partial charge in [0, 0.05) is 18.2 Å². The van der Waals surface area contributed by atoms with Gasteiger partial charge in [-0.3, -0.25) is 38.9 Å². The lowest BCUT2D eigenvalue weighted by atomic mass is 10.0. The maximum absolute atomic E-state index is 14.0. The minimum absolute atomic E-state index is 0.00414. The first-order valence-corrected chi connectivity index (χ1v) is 32.6. The smallest absolute Gasteiger partial charge is 0.415 e. The number of aromatic nitrogens is 6. The van der Waals surface area contributed by atoms with Gasteiger partial charge in [0.15, 0.2) is 54.6 Å². The number of amides is 6. The van der Waals surface area contributed by atoms with E-state index in [1.54, 1.807) is 36.4 Å². The first-order chi connectivity index (χ1) is 48.6. The van der Waals surface area contributed by atoms with Gasteiger partial charge in [0.05, 0.1) is 49.9 Å². The summed E-state index contributed by atoms with van der Waals surface area (Å²) in [5, 5.41) is 36.5. The van der Waals surface area contributed by atoms with Crippen LogP contribution in [-0.4, -0.2) is 169 Å². The fraction of sp³-hybridized carbons (Fsp3) is 0.418. The van der Waals surface area contributed by atoms with Crippen LogP contribution in [0.15, 0.2) is 61.1 Å². The van der Waals surface area contributed by atoms with Gasteiger partial charge >= 0.3 is 18.3 Å². The van der Waals surface area contributed by atoms with Gasteiger partial charge in [-0.05, 0) is 167 Å². The normalized spacial score (nSPS) is 21.7. The molecule has 9 aliphatic rings. The Bertz CT molecular complexity index is 4280. The number of aryl methyl sites for hydroxylation is 1. The molecule has 7 atom stereocenters. The van der Waals surface area contributed by atoms with E-state index in [9.17, 15) is 52.9 Å². The van der Waals surface area contributed by atoms with Crippen LogP contribution in [0.4, 0.5) is 58.1 Å². The molecule has 518 valence electrons. The van der Waals surface area contributed by atoms with E-state index in [1.807, 2.05) is 19.1 Å².